The van der Waals surface area contributed by atoms with Crippen LogP contribution in [0.25, 0.3) is 0 Å². The molecule has 0 fully saturated rings. The fourth-order valence-electron chi connectivity index (χ4n) is 1.59. The van der Waals surface area contributed by atoms with E-state index >= 15 is 0 Å². The van der Waals surface area contributed by atoms with E-state index in [4.69, 9.17) is 5.11 Å². The number of likely N-dealkylation sites (N-methyl/N-ethyl adjacent to an activating group) is 1. The van der Waals surface area contributed by atoms with E-state index in [1.165, 1.54) is 25.7 Å². The quantitative estimate of drug-likeness (QED) is 0.464. The third kappa shape index (κ3) is 11.8. The van der Waals surface area contributed by atoms with Gasteiger partial charge in [-0.3, -0.25) is 0 Å². The second kappa shape index (κ2) is 9.16. The van der Waals surface area contributed by atoms with Crippen molar-refractivity contribution in [2.24, 2.45) is 0 Å². The number of carboxylic acids is 1. The molecule has 3 nitrogen and oxygen atoms in total. The summed E-state index contributed by atoms with van der Waals surface area (Å²) in [6.07, 6.45) is 6.21. The molecule has 4 heteroatoms. The predicted molar refractivity (Wildman–Crippen MR) is 58.2 cm³/mol. The van der Waals surface area contributed by atoms with E-state index in [0.717, 1.165) is 13.0 Å². The number of nitrogens with zero attached hydrogens (tertiary/aromatic N) is 1. The number of hydrogen-bond acceptors (Lipinski definition) is 1. The molecule has 0 aromatic rings. The number of unbranched alkanes of at least 4 members (excludes halogenated alkanes) is 4. The van der Waals surface area contributed by atoms with Gasteiger partial charge in [0.25, 0.3) is 0 Å². The highest BCUT2D eigenvalue weighted by Gasteiger charge is 2.18. The standard InChI is InChI=1S/C11H23NO2.BrH/c1-4-5-6-7-8-9-12(2,3)10-11(13)14;/h4-10H2,1-3H3;1H. The Morgan fingerprint density at radius 1 is 1.13 bits per heavy atom. The summed E-state index contributed by atoms with van der Waals surface area (Å²) in [7, 11) is 3.96. The largest absolute Gasteiger partial charge is 1.00 e. The summed E-state index contributed by atoms with van der Waals surface area (Å²) in [5.74, 6) is -0.705. The van der Waals surface area contributed by atoms with E-state index in [2.05, 4.69) is 6.92 Å². The van der Waals surface area contributed by atoms with Gasteiger partial charge in [0.2, 0.25) is 0 Å². The first-order chi connectivity index (χ1) is 6.48. The Balaban J connectivity index is 0. The molecule has 0 aromatic heterocycles. The molecule has 0 atom stereocenters. The molecular weight excluding hydrogens is 258 g/mol. The second-order valence-electron chi connectivity index (χ2n) is 4.63. The molecule has 0 bridgehead atoms. The van der Waals surface area contributed by atoms with Crippen molar-refractivity contribution in [2.45, 2.75) is 39.0 Å². The van der Waals surface area contributed by atoms with Gasteiger partial charge in [0, 0.05) is 0 Å². The van der Waals surface area contributed by atoms with Gasteiger partial charge in [0.05, 0.1) is 20.6 Å². The average Bonchev–Trinajstić information content (AvgIpc) is 2.01. The third-order valence-electron chi connectivity index (χ3n) is 2.43. The van der Waals surface area contributed by atoms with Crippen molar-refractivity contribution in [1.29, 1.82) is 0 Å². The van der Waals surface area contributed by atoms with Gasteiger partial charge < -0.3 is 26.6 Å². The molecule has 0 aliphatic rings. The van der Waals surface area contributed by atoms with Crippen LogP contribution in [0.5, 0.6) is 0 Å². The molecule has 15 heavy (non-hydrogen) atoms. The van der Waals surface area contributed by atoms with E-state index < -0.39 is 5.97 Å². The van der Waals surface area contributed by atoms with Gasteiger partial charge in [0.1, 0.15) is 0 Å². The summed E-state index contributed by atoms with van der Waals surface area (Å²) < 4.78 is 0.599. The summed E-state index contributed by atoms with van der Waals surface area (Å²) in [6, 6.07) is 0. The normalized spacial score (nSPS) is 10.9. The highest BCUT2D eigenvalue weighted by Crippen LogP contribution is 2.06. The number of carbonyl (C=O) groups is 1. The molecule has 0 aromatic carbocycles. The fourth-order valence-corrected chi connectivity index (χ4v) is 1.59. The van der Waals surface area contributed by atoms with Crippen molar-refractivity contribution in [2.75, 3.05) is 27.2 Å². The lowest BCUT2D eigenvalue weighted by Crippen LogP contribution is -3.00. The summed E-state index contributed by atoms with van der Waals surface area (Å²) in [4.78, 5) is 10.5. The van der Waals surface area contributed by atoms with Crippen LogP contribution in [0.1, 0.15) is 39.0 Å². The number of rotatable bonds is 8. The molecule has 0 amide bonds. The van der Waals surface area contributed by atoms with Crippen LogP contribution in [0.2, 0.25) is 0 Å². The van der Waals surface area contributed by atoms with Gasteiger partial charge in [-0.2, -0.15) is 0 Å². The summed E-state index contributed by atoms with van der Waals surface area (Å²) in [5.41, 5.74) is 0. The van der Waals surface area contributed by atoms with Crippen molar-refractivity contribution in [3.8, 4) is 0 Å². The molecule has 0 unspecified atom stereocenters. The number of halogens is 1. The van der Waals surface area contributed by atoms with E-state index in [1.54, 1.807) is 0 Å². The number of hydrogen-bond donors (Lipinski definition) is 1. The lowest BCUT2D eigenvalue weighted by atomic mass is 10.1. The minimum absolute atomic E-state index is 0. The maximum Gasteiger partial charge on any atom is 0.359 e. The molecule has 0 rings (SSSR count). The molecule has 0 heterocycles. The summed E-state index contributed by atoms with van der Waals surface area (Å²) >= 11 is 0. The lowest BCUT2D eigenvalue weighted by Gasteiger charge is -2.27. The molecule has 1 N–H and O–H groups in total. The molecule has 0 saturated carbocycles. The highest BCUT2D eigenvalue weighted by molar-refractivity contribution is 5.67. The first kappa shape index (κ1) is 17.3. The second-order valence-corrected chi connectivity index (χ2v) is 4.63. The number of carboxylic acid groups (broad SMARTS) is 1. The van der Waals surface area contributed by atoms with Crippen LogP contribution in [0.15, 0.2) is 0 Å². The van der Waals surface area contributed by atoms with Gasteiger partial charge in [0.15, 0.2) is 6.54 Å². The van der Waals surface area contributed by atoms with Gasteiger partial charge in [-0.25, -0.2) is 4.79 Å². The van der Waals surface area contributed by atoms with Crippen molar-refractivity contribution < 1.29 is 31.4 Å². The fraction of sp³-hybridized carbons (Fsp3) is 0.909. The number of quaternary nitrogens is 1. The smallest absolute Gasteiger partial charge is 0.359 e. The average molecular weight is 282 g/mol. The summed E-state index contributed by atoms with van der Waals surface area (Å²) in [5, 5.41) is 8.67. The van der Waals surface area contributed by atoms with Crippen LogP contribution >= 0.6 is 0 Å². The zero-order chi connectivity index (χ0) is 11.0. The van der Waals surface area contributed by atoms with Gasteiger partial charge >= 0.3 is 5.97 Å². The molecule has 0 aliphatic heterocycles. The van der Waals surface area contributed by atoms with E-state index in [1.807, 2.05) is 14.1 Å². The van der Waals surface area contributed by atoms with Crippen LogP contribution in [0.3, 0.4) is 0 Å². The Morgan fingerprint density at radius 2 is 1.67 bits per heavy atom. The summed E-state index contributed by atoms with van der Waals surface area (Å²) in [6.45, 7) is 3.40. The Bertz CT molecular complexity index is 172. The van der Waals surface area contributed by atoms with Gasteiger partial charge in [-0.05, 0) is 12.8 Å². The van der Waals surface area contributed by atoms with Crippen molar-refractivity contribution in [3.63, 3.8) is 0 Å². The van der Waals surface area contributed by atoms with Gasteiger partial charge in [-0.1, -0.05) is 26.2 Å². The topological polar surface area (TPSA) is 37.3 Å². The van der Waals surface area contributed by atoms with Crippen molar-refractivity contribution >= 4 is 5.97 Å². The maximum absolute atomic E-state index is 10.5. The maximum atomic E-state index is 10.5. The zero-order valence-corrected chi connectivity index (χ0v) is 11.7. The van der Waals surface area contributed by atoms with Crippen LogP contribution in [0.4, 0.5) is 0 Å². The van der Waals surface area contributed by atoms with E-state index in [0.29, 0.717) is 4.48 Å². The molecular formula is C11H24BrNO2. The Morgan fingerprint density at radius 3 is 2.13 bits per heavy atom. The number of aliphatic carboxylic acids is 1. The lowest BCUT2D eigenvalue weighted by molar-refractivity contribution is -0.883. The SMILES string of the molecule is CCCCCCC[N+](C)(C)CC(=O)O.[Br-]. The van der Waals surface area contributed by atoms with Crippen LogP contribution in [-0.4, -0.2) is 42.7 Å². The minimum Gasteiger partial charge on any atom is -1.00 e. The van der Waals surface area contributed by atoms with Gasteiger partial charge in [-0.15, -0.1) is 0 Å². The minimum atomic E-state index is -0.705. The van der Waals surface area contributed by atoms with Crippen LogP contribution in [-0.2, 0) is 4.79 Å². The zero-order valence-electron chi connectivity index (χ0n) is 10.1. The highest BCUT2D eigenvalue weighted by atomic mass is 79.9. The first-order valence-electron chi connectivity index (χ1n) is 5.52. The van der Waals surface area contributed by atoms with Crippen molar-refractivity contribution in [3.05, 3.63) is 0 Å². The Kier molecular flexibility index (Phi) is 10.6. The van der Waals surface area contributed by atoms with E-state index in [9.17, 15) is 4.79 Å². The predicted octanol–water partition coefficient (Wildman–Crippen LogP) is -0.878. The third-order valence-corrected chi connectivity index (χ3v) is 2.43. The Labute approximate surface area is 104 Å². The molecule has 0 aliphatic carbocycles. The monoisotopic (exact) mass is 281 g/mol. The van der Waals surface area contributed by atoms with E-state index in [-0.39, 0.29) is 23.5 Å². The molecule has 92 valence electrons. The Hall–Kier alpha value is -0.0900. The molecule has 0 spiro atoms. The first-order valence-corrected chi connectivity index (χ1v) is 5.52. The van der Waals surface area contributed by atoms with Crippen LogP contribution < -0.4 is 17.0 Å². The van der Waals surface area contributed by atoms with Crippen LogP contribution in [0, 0.1) is 0 Å². The van der Waals surface area contributed by atoms with Crippen molar-refractivity contribution in [1.82, 2.24) is 0 Å². The molecule has 0 radical (unpaired) electrons. The molecule has 0 saturated heterocycles.